The number of aryl methyl sites for hydroxylation is 1. The number of carboxylic acids is 1. The number of halogens is 1. The van der Waals surface area contributed by atoms with Crippen molar-refractivity contribution >= 4 is 40.4 Å². The fraction of sp³-hybridized carbons (Fsp3) is 0.395. The molecule has 0 radical (unpaired) electrons. The third-order valence-electron chi connectivity index (χ3n) is 10.6. The highest BCUT2D eigenvalue weighted by Crippen LogP contribution is 2.27. The van der Waals surface area contributed by atoms with Gasteiger partial charge in [-0.25, -0.2) is 23.5 Å². The largest absolute Gasteiger partial charge is 0.477 e. The van der Waals surface area contributed by atoms with Crippen LogP contribution in [0.1, 0.15) is 72.9 Å². The van der Waals surface area contributed by atoms with Gasteiger partial charge in [-0.15, -0.1) is 5.10 Å². The van der Waals surface area contributed by atoms with Gasteiger partial charge in [0, 0.05) is 56.5 Å². The predicted octanol–water partition coefficient (Wildman–Crippen LogP) is 5.92. The van der Waals surface area contributed by atoms with E-state index in [-0.39, 0.29) is 36.2 Å². The fourth-order valence-electron chi connectivity index (χ4n) is 7.14. The van der Waals surface area contributed by atoms with Gasteiger partial charge in [0.1, 0.15) is 30.3 Å². The molecule has 16 nitrogen and oxygen atoms in total. The molecule has 2 aromatic heterocycles. The zero-order valence-electron chi connectivity index (χ0n) is 34.1. The molecule has 0 spiro atoms. The maximum atomic E-state index is 15.3. The zero-order valence-corrected chi connectivity index (χ0v) is 34.1. The highest BCUT2D eigenvalue weighted by molar-refractivity contribution is 5.93. The normalized spacial score (nSPS) is 13.9. The lowest BCUT2D eigenvalue weighted by Crippen LogP contribution is -2.49. The number of nitrogens with one attached hydrogen (secondary N) is 2. The second-order valence-electron chi connectivity index (χ2n) is 15.0. The molecule has 3 aromatic carbocycles. The van der Waals surface area contributed by atoms with Crippen LogP contribution < -0.4 is 26.7 Å². The number of benzene rings is 3. The van der Waals surface area contributed by atoms with Gasteiger partial charge in [-0.2, -0.15) is 0 Å². The summed E-state index contributed by atoms with van der Waals surface area (Å²) in [5, 5.41) is 24.7. The molecule has 2 amide bonds. The summed E-state index contributed by atoms with van der Waals surface area (Å²) < 4.78 is 29.8. The monoisotopic (exact) mass is 825 g/mol. The Kier molecular flexibility index (Phi) is 14.4. The number of anilines is 2. The van der Waals surface area contributed by atoms with Crippen molar-refractivity contribution in [3.05, 3.63) is 118 Å². The summed E-state index contributed by atoms with van der Waals surface area (Å²) in [5.74, 6) is -1.98. The Hall–Kier alpha value is -6.49. The lowest BCUT2D eigenvalue weighted by atomic mass is 10.0. The minimum absolute atomic E-state index is 0.00233. The number of fused-ring (bicyclic) bond motifs is 1. The summed E-state index contributed by atoms with van der Waals surface area (Å²) in [7, 11) is 0. The van der Waals surface area contributed by atoms with E-state index >= 15 is 4.39 Å². The minimum Gasteiger partial charge on any atom is -0.477 e. The number of hydrogen-bond acceptors (Lipinski definition) is 11. The van der Waals surface area contributed by atoms with E-state index in [1.807, 2.05) is 81.6 Å². The number of alkyl carbamates (subject to hydrolysis) is 1. The van der Waals surface area contributed by atoms with E-state index in [0.29, 0.717) is 57.0 Å². The van der Waals surface area contributed by atoms with Crippen molar-refractivity contribution in [3.63, 3.8) is 0 Å². The number of carbonyl (C=O) groups excluding carboxylic acids is 2. The molecule has 17 heteroatoms. The number of pyridine rings is 1. The lowest BCUT2D eigenvalue weighted by Gasteiger charge is -2.35. The van der Waals surface area contributed by atoms with Gasteiger partial charge in [-0.1, -0.05) is 61.5 Å². The third kappa shape index (κ3) is 10.6. The molecular weight excluding hydrogens is 774 g/mol. The number of nitrogens with two attached hydrogens (primary N) is 1. The van der Waals surface area contributed by atoms with E-state index in [1.165, 1.54) is 6.20 Å². The molecule has 0 saturated carbocycles. The third-order valence-corrected chi connectivity index (χ3v) is 10.6. The second kappa shape index (κ2) is 20.0. The summed E-state index contributed by atoms with van der Waals surface area (Å²) in [5.41, 5.74) is 8.61. The first kappa shape index (κ1) is 43.1. The molecule has 0 bridgehead atoms. The first-order chi connectivity index (χ1) is 28.9. The van der Waals surface area contributed by atoms with E-state index in [1.54, 1.807) is 25.1 Å². The molecule has 318 valence electrons. The van der Waals surface area contributed by atoms with Gasteiger partial charge >= 0.3 is 18.2 Å². The smallest absolute Gasteiger partial charge is 0.410 e. The van der Waals surface area contributed by atoms with Crippen LogP contribution in [0.4, 0.5) is 25.4 Å². The van der Waals surface area contributed by atoms with Gasteiger partial charge in [0.2, 0.25) is 5.43 Å². The van der Waals surface area contributed by atoms with Gasteiger partial charge in [0.05, 0.1) is 29.5 Å². The highest BCUT2D eigenvalue weighted by atomic mass is 19.1. The molecule has 0 unspecified atom stereocenters. The molecule has 1 saturated heterocycles. The first-order valence-electron chi connectivity index (χ1n) is 20.1. The van der Waals surface area contributed by atoms with Gasteiger partial charge in [-0.3, -0.25) is 4.79 Å². The summed E-state index contributed by atoms with van der Waals surface area (Å²) in [6.45, 7) is 8.74. The molecule has 0 aliphatic carbocycles. The fourth-order valence-corrected chi connectivity index (χ4v) is 7.14. The van der Waals surface area contributed by atoms with Crippen LogP contribution in [0.2, 0.25) is 0 Å². The lowest BCUT2D eigenvalue weighted by molar-refractivity contribution is 0.0694. The minimum atomic E-state index is -1.36. The van der Waals surface area contributed by atoms with Gasteiger partial charge in [0.25, 0.3) is 0 Å². The van der Waals surface area contributed by atoms with Crippen molar-refractivity contribution in [1.82, 2.24) is 29.8 Å². The number of amides is 2. The van der Waals surface area contributed by atoms with Gasteiger partial charge < -0.3 is 45.3 Å². The number of rotatable bonds is 17. The summed E-state index contributed by atoms with van der Waals surface area (Å²) in [6.07, 6.45) is 3.65. The zero-order chi connectivity index (χ0) is 42.8. The maximum absolute atomic E-state index is 15.3. The number of carbonyl (C=O) groups is 3. The van der Waals surface area contributed by atoms with Crippen LogP contribution in [0.5, 0.6) is 0 Å². The Labute approximate surface area is 347 Å². The average molecular weight is 826 g/mol. The summed E-state index contributed by atoms with van der Waals surface area (Å²) in [4.78, 5) is 53.4. The molecular formula is C43H52FN9O7. The number of aromatic carboxylic acids is 1. The van der Waals surface area contributed by atoms with E-state index in [2.05, 4.69) is 20.9 Å². The van der Waals surface area contributed by atoms with Crippen LogP contribution in [-0.2, 0) is 29.2 Å². The van der Waals surface area contributed by atoms with Crippen LogP contribution in [0, 0.1) is 11.7 Å². The van der Waals surface area contributed by atoms with Crippen LogP contribution in [-0.4, -0.2) is 87.0 Å². The van der Waals surface area contributed by atoms with Crippen molar-refractivity contribution < 1.29 is 33.4 Å². The first-order valence-corrected chi connectivity index (χ1v) is 20.1. The molecule has 1 aliphatic rings. The Morgan fingerprint density at radius 2 is 1.65 bits per heavy atom. The number of nitrogens with zero attached hydrogens (tertiary/aromatic N) is 6. The summed E-state index contributed by atoms with van der Waals surface area (Å²) in [6, 6.07) is 19.2. The Balaban J connectivity index is 0.991. The van der Waals surface area contributed by atoms with Crippen molar-refractivity contribution in [3.8, 4) is 0 Å². The van der Waals surface area contributed by atoms with Crippen LogP contribution >= 0.6 is 0 Å². The van der Waals surface area contributed by atoms with E-state index in [0.717, 1.165) is 35.7 Å². The van der Waals surface area contributed by atoms with Gasteiger partial charge in [-0.05, 0) is 67.6 Å². The van der Waals surface area contributed by atoms with Crippen molar-refractivity contribution in [2.24, 2.45) is 11.7 Å². The molecule has 5 N–H and O–H groups in total. The molecule has 60 heavy (non-hydrogen) atoms. The molecule has 2 atom stereocenters. The van der Waals surface area contributed by atoms with Crippen LogP contribution in [0.3, 0.4) is 0 Å². The topological polar surface area (TPSA) is 199 Å². The number of hydrogen-bond donors (Lipinski definition) is 4. The predicted molar refractivity (Wildman–Crippen MR) is 224 cm³/mol. The molecule has 1 aliphatic heterocycles. The molecule has 1 fully saturated rings. The second-order valence-corrected chi connectivity index (χ2v) is 15.0. The van der Waals surface area contributed by atoms with Crippen molar-refractivity contribution in [2.45, 2.75) is 65.5 Å². The Bertz CT molecular complexity index is 2310. The molecule has 5 aromatic rings. The van der Waals surface area contributed by atoms with Crippen molar-refractivity contribution in [1.29, 1.82) is 0 Å². The molecule has 6 rings (SSSR count). The number of piperazine rings is 1. The van der Waals surface area contributed by atoms with E-state index in [4.69, 9.17) is 15.2 Å². The maximum Gasteiger partial charge on any atom is 0.410 e. The van der Waals surface area contributed by atoms with E-state index in [9.17, 15) is 24.3 Å². The standard InChI is InChI=1S/C43H52FN9O7/c1-4-50-24-34(41(55)56)40(54)33-21-35(44)38(22-37(33)50)51-17-19-52(20-18-51)43(58)60-27-30-12-14-31(15-13-30)46-23-32(11-8-16-45)53-25-36(48-49-53)39(28(2)3)47-42(57)59-26-29-9-6-5-7-10-29/h5-7,9-10,12-15,21-22,24-25,28,32,39,46H,4,8,11,16-20,23,26-27,45H2,1-3H3,(H,47,57)(H,55,56)/t32-,39-/m0/s1. The summed E-state index contributed by atoms with van der Waals surface area (Å²) >= 11 is 0. The Morgan fingerprint density at radius 1 is 0.950 bits per heavy atom. The van der Waals surface area contributed by atoms with Crippen molar-refractivity contribution in [2.75, 3.05) is 49.5 Å². The van der Waals surface area contributed by atoms with E-state index < -0.39 is 41.0 Å². The number of carboxylic acid groups (broad SMARTS) is 1. The van der Waals surface area contributed by atoms with Crippen LogP contribution in [0.25, 0.3) is 10.9 Å². The highest BCUT2D eigenvalue weighted by Gasteiger charge is 2.27. The quantitative estimate of drug-likeness (QED) is 0.0864. The SMILES string of the molecule is CCn1cc(C(=O)O)c(=O)c2cc(F)c(N3CCN(C(=O)OCc4ccc(NC[C@H](CCCN)n5cc([C@@H](NC(=O)OCc6ccccc6)C(C)C)nn5)cc4)CC3)cc21. The Morgan fingerprint density at radius 3 is 2.32 bits per heavy atom. The number of ether oxygens (including phenoxy) is 2. The van der Waals surface area contributed by atoms with Gasteiger partial charge in [0.15, 0.2) is 0 Å². The van der Waals surface area contributed by atoms with Crippen LogP contribution in [0.15, 0.2) is 83.9 Å². The molecule has 3 heterocycles. The number of aromatic nitrogens is 4. The average Bonchev–Trinajstić information content (AvgIpc) is 3.74.